The Kier molecular flexibility index (Phi) is 29.9. The Morgan fingerprint density at radius 2 is 0.868 bits per heavy atom. The molecular weight excluding hydrogens is 1030 g/mol. The van der Waals surface area contributed by atoms with Crippen molar-refractivity contribution in [2.75, 3.05) is 24.9 Å². The zero-order valence-corrected chi connectivity index (χ0v) is 51.2. The van der Waals surface area contributed by atoms with Gasteiger partial charge >= 0.3 is 11.9 Å². The molecule has 0 saturated carbocycles. The number of amides is 4. The summed E-state index contributed by atoms with van der Waals surface area (Å²) in [6.45, 7) is 28.9. The summed E-state index contributed by atoms with van der Waals surface area (Å²) >= 11 is 6.09. The van der Waals surface area contributed by atoms with E-state index in [1.807, 2.05) is 30.3 Å². The number of aliphatic hydroxyl groups is 1. The molecule has 4 amide bonds. The summed E-state index contributed by atoms with van der Waals surface area (Å²) in [6.07, 6.45) is 2.97. The number of benzene rings is 2. The zero-order valence-electron chi connectivity index (χ0n) is 48.4. The van der Waals surface area contributed by atoms with Gasteiger partial charge in [-0.2, -0.15) is 0 Å². The first-order valence-electron chi connectivity index (χ1n) is 26.3. The SMILES string of the molecule is COC(=O)CCCCC(=O)N[C@@H](C)C(=O)C[C@@H](C)C(=O)Nc1cc(CCl)cc(CO[Si](C)(C)C(C)(C)C)c1.COC(=O)CCCCC(=O)N[C@@H](C)C(=O)C[C@@H](C)C(=O)Nc1cc(CO)cc(CO[Si](C)(C)C(C)(C)C)c1. The number of Topliss-reactive ketones (excluding diaryl/α,β-unsaturated/α-hetero) is 2. The van der Waals surface area contributed by atoms with E-state index in [0.717, 1.165) is 16.7 Å². The van der Waals surface area contributed by atoms with Gasteiger partial charge in [0.2, 0.25) is 23.6 Å². The third-order valence-corrected chi connectivity index (χ3v) is 23.2. The highest BCUT2D eigenvalue weighted by atomic mass is 35.5. The van der Waals surface area contributed by atoms with Gasteiger partial charge in [0.25, 0.3) is 0 Å². The van der Waals surface area contributed by atoms with Crippen LogP contribution in [0.3, 0.4) is 0 Å². The smallest absolute Gasteiger partial charge is 0.305 e. The van der Waals surface area contributed by atoms with Gasteiger partial charge < -0.3 is 44.7 Å². The summed E-state index contributed by atoms with van der Waals surface area (Å²) < 4.78 is 21.8. The molecule has 0 saturated heterocycles. The maximum absolute atomic E-state index is 12.9. The minimum Gasteiger partial charge on any atom is -0.469 e. The van der Waals surface area contributed by atoms with Crippen LogP contribution in [0, 0.1) is 11.8 Å². The molecule has 17 nitrogen and oxygen atoms in total. The fourth-order valence-electron chi connectivity index (χ4n) is 6.74. The van der Waals surface area contributed by atoms with Crippen LogP contribution in [0.25, 0.3) is 0 Å². The third kappa shape index (κ3) is 26.0. The normalized spacial score (nSPS) is 13.4. The van der Waals surface area contributed by atoms with Gasteiger partial charge in [-0.15, -0.1) is 11.6 Å². The quantitative estimate of drug-likeness (QED) is 0.0212. The second kappa shape index (κ2) is 32.8. The van der Waals surface area contributed by atoms with Gasteiger partial charge in [0.05, 0.1) is 46.1 Å². The Bertz CT molecular complexity index is 2110. The summed E-state index contributed by atoms with van der Waals surface area (Å²) in [5.74, 6) is -3.18. The second-order valence-corrected chi connectivity index (χ2v) is 32.6. The Labute approximate surface area is 460 Å². The Hall–Kier alpha value is -4.80. The highest BCUT2D eigenvalue weighted by Crippen LogP contribution is 2.38. The molecule has 0 fully saturated rings. The molecular formula is C56H91ClN4O13Si2. The largest absolute Gasteiger partial charge is 0.469 e. The van der Waals surface area contributed by atoms with Gasteiger partial charge in [0.1, 0.15) is 0 Å². The fraction of sp³-hybridized carbons (Fsp3) is 0.643. The van der Waals surface area contributed by atoms with Gasteiger partial charge in [-0.05, 0) is 122 Å². The van der Waals surface area contributed by atoms with Crippen LogP contribution in [0.2, 0.25) is 36.3 Å². The summed E-state index contributed by atoms with van der Waals surface area (Å²) in [5.41, 5.74) is 4.43. The number of unbranched alkanes of at least 4 members (excludes halogenated alkanes) is 2. The van der Waals surface area contributed by atoms with Crippen molar-refractivity contribution in [1.82, 2.24) is 10.6 Å². The van der Waals surface area contributed by atoms with Gasteiger partial charge in [-0.25, -0.2) is 0 Å². The molecule has 0 bridgehead atoms. The number of ether oxygens (including phenoxy) is 2. The average Bonchev–Trinajstić information content (AvgIpc) is 3.34. The van der Waals surface area contributed by atoms with E-state index < -0.39 is 40.6 Å². The van der Waals surface area contributed by atoms with Crippen LogP contribution in [0.15, 0.2) is 36.4 Å². The molecule has 2 aromatic rings. The topological polar surface area (TPSA) is 242 Å². The van der Waals surface area contributed by atoms with Crippen LogP contribution in [0.1, 0.15) is 156 Å². The van der Waals surface area contributed by atoms with Crippen LogP contribution >= 0.6 is 11.6 Å². The Balaban J connectivity index is 0.000000760. The van der Waals surface area contributed by atoms with Crippen molar-refractivity contribution in [2.45, 2.75) is 207 Å². The maximum atomic E-state index is 12.9. The lowest BCUT2D eigenvalue weighted by Crippen LogP contribution is -2.40. The summed E-state index contributed by atoms with van der Waals surface area (Å²) in [6, 6.07) is 9.61. The average molecular weight is 1120 g/mol. The van der Waals surface area contributed by atoms with Crippen molar-refractivity contribution in [2.24, 2.45) is 11.8 Å². The molecule has 0 spiro atoms. The van der Waals surface area contributed by atoms with Gasteiger partial charge in [-0.1, -0.05) is 67.5 Å². The molecule has 0 unspecified atom stereocenters. The highest BCUT2D eigenvalue weighted by molar-refractivity contribution is 6.74. The Morgan fingerprint density at radius 1 is 0.539 bits per heavy atom. The third-order valence-electron chi connectivity index (χ3n) is 13.9. The van der Waals surface area contributed by atoms with Gasteiger partial charge in [0.15, 0.2) is 28.2 Å². The van der Waals surface area contributed by atoms with E-state index in [1.165, 1.54) is 14.2 Å². The lowest BCUT2D eigenvalue weighted by Gasteiger charge is -2.36. The molecule has 0 aromatic heterocycles. The van der Waals surface area contributed by atoms with E-state index in [0.29, 0.717) is 61.7 Å². The van der Waals surface area contributed by atoms with Crippen LogP contribution in [-0.2, 0) is 82.4 Å². The number of hydrogen-bond acceptors (Lipinski definition) is 13. The van der Waals surface area contributed by atoms with E-state index in [2.05, 4.69) is 98.5 Å². The molecule has 5 N–H and O–H groups in total. The van der Waals surface area contributed by atoms with E-state index >= 15 is 0 Å². The first-order chi connectivity index (χ1) is 35.2. The van der Waals surface area contributed by atoms with Crippen molar-refractivity contribution in [3.63, 3.8) is 0 Å². The van der Waals surface area contributed by atoms with Crippen molar-refractivity contribution < 1.29 is 61.8 Å². The first kappa shape index (κ1) is 69.2. The lowest BCUT2D eigenvalue weighted by molar-refractivity contribution is -0.141. The highest BCUT2D eigenvalue weighted by Gasteiger charge is 2.38. The number of aliphatic hydroxyl groups excluding tert-OH is 1. The Morgan fingerprint density at radius 3 is 1.20 bits per heavy atom. The number of rotatable bonds is 30. The number of methoxy groups -OCH3 is 2. The number of alkyl halides is 1. The molecule has 76 heavy (non-hydrogen) atoms. The minimum atomic E-state index is -1.98. The zero-order chi connectivity index (χ0) is 58.2. The molecule has 20 heteroatoms. The number of esters is 2. The molecule has 2 aromatic carbocycles. The number of carbonyl (C=O) groups is 8. The van der Waals surface area contributed by atoms with Crippen LogP contribution in [0.4, 0.5) is 11.4 Å². The van der Waals surface area contributed by atoms with Crippen molar-refractivity contribution in [1.29, 1.82) is 0 Å². The predicted molar refractivity (Wildman–Crippen MR) is 303 cm³/mol. The molecule has 0 aliphatic rings. The second-order valence-electron chi connectivity index (χ2n) is 22.7. The van der Waals surface area contributed by atoms with Gasteiger partial charge in [-0.3, -0.25) is 38.4 Å². The monoisotopic (exact) mass is 1120 g/mol. The summed E-state index contributed by atoms with van der Waals surface area (Å²) in [7, 11) is -1.28. The summed E-state index contributed by atoms with van der Waals surface area (Å²) in [4.78, 5) is 97.4. The molecule has 0 radical (unpaired) electrons. The molecule has 0 aliphatic heterocycles. The number of hydrogen-bond donors (Lipinski definition) is 5. The van der Waals surface area contributed by atoms with Crippen LogP contribution < -0.4 is 21.3 Å². The van der Waals surface area contributed by atoms with E-state index in [4.69, 9.17) is 20.5 Å². The van der Waals surface area contributed by atoms with E-state index in [9.17, 15) is 43.5 Å². The van der Waals surface area contributed by atoms with Crippen LogP contribution in [-0.4, -0.2) is 95.2 Å². The number of nitrogens with one attached hydrogen (secondary N) is 4. The predicted octanol–water partition coefficient (Wildman–Crippen LogP) is 10.2. The van der Waals surface area contributed by atoms with Gasteiger partial charge in [0, 0.05) is 67.6 Å². The standard InChI is InChI=1S/C28H45ClN2O6Si.C28H46N2O7Si/c1-19(13-24(32)20(2)30-25(33)11-9-10-12-26(34)36-6)27(35)31-23-15-21(17-29)14-22(16-23)18-37-38(7,8)28(3,4)5;1-19(13-24(32)20(2)29-25(33)11-9-10-12-26(34)36-6)27(35)30-23-15-21(17-31)14-22(16-23)18-37-38(7,8)28(3,4)5/h14-16,19-20H,9-13,17-18H2,1-8H3,(H,30,33)(H,31,35);14-16,19-20,31H,9-13,17-18H2,1-8H3,(H,29,33)(H,30,35)/t2*19-,20+/m11/s1. The number of ketones is 2. The van der Waals surface area contributed by atoms with Crippen molar-refractivity contribution in [3.8, 4) is 0 Å². The van der Waals surface area contributed by atoms with E-state index in [-0.39, 0.29) is 102 Å². The summed E-state index contributed by atoms with van der Waals surface area (Å²) in [5, 5.41) is 20.9. The minimum absolute atomic E-state index is 0.00778. The number of carbonyl (C=O) groups excluding carboxylic acids is 8. The molecule has 4 atom stereocenters. The lowest BCUT2D eigenvalue weighted by atomic mass is 9.99. The number of halogens is 1. The fourth-order valence-corrected chi connectivity index (χ4v) is 8.82. The molecule has 0 heterocycles. The van der Waals surface area contributed by atoms with Crippen molar-refractivity contribution in [3.05, 3.63) is 58.7 Å². The maximum Gasteiger partial charge on any atom is 0.305 e. The molecule has 428 valence electrons. The van der Waals surface area contributed by atoms with Crippen molar-refractivity contribution >= 4 is 86.7 Å². The first-order valence-corrected chi connectivity index (χ1v) is 32.6. The molecule has 0 aliphatic carbocycles. The number of anilines is 2. The molecule has 2 rings (SSSR count). The van der Waals surface area contributed by atoms with E-state index in [1.54, 1.807) is 33.8 Å². The van der Waals surface area contributed by atoms with Crippen LogP contribution in [0.5, 0.6) is 0 Å².